The van der Waals surface area contributed by atoms with Gasteiger partial charge in [-0.15, -0.1) is 23.9 Å². The van der Waals surface area contributed by atoms with Crippen molar-refractivity contribution in [3.05, 3.63) is 12.4 Å². The van der Waals surface area contributed by atoms with E-state index in [9.17, 15) is 0 Å². The number of nitrogens with one attached hydrogen (secondary N) is 1. The molecule has 0 saturated carbocycles. The van der Waals surface area contributed by atoms with Crippen LogP contribution in [0.2, 0.25) is 0 Å². The maximum absolute atomic E-state index is 8.09. The summed E-state index contributed by atoms with van der Waals surface area (Å²) >= 11 is 0. The number of H-pyrrole nitrogens is 1. The molecule has 8 heteroatoms. The Morgan fingerprint density at radius 1 is 1.13 bits per heavy atom. The topological polar surface area (TPSA) is 128 Å². The summed E-state index contributed by atoms with van der Waals surface area (Å²) < 4.78 is 1.76. The van der Waals surface area contributed by atoms with Crippen molar-refractivity contribution in [1.82, 2.24) is 10.3 Å². The average Bonchev–Trinajstić information content (AvgIpc) is 2.74. The largest absolute Gasteiger partial charge is 0.383 e. The van der Waals surface area contributed by atoms with Gasteiger partial charge in [0.1, 0.15) is 7.05 Å². The van der Waals surface area contributed by atoms with Crippen molar-refractivity contribution in [1.29, 1.82) is 21.0 Å². The van der Waals surface area contributed by atoms with Gasteiger partial charge in [0.2, 0.25) is 6.20 Å². The van der Waals surface area contributed by atoms with Gasteiger partial charge in [-0.3, -0.25) is 0 Å². The quantitative estimate of drug-likeness (QED) is 0.419. The second-order valence-corrected chi connectivity index (χ2v) is 2.52. The number of nitrogens with zero attached hydrogens (tertiary/aromatic N) is 6. The van der Waals surface area contributed by atoms with E-state index in [4.69, 9.17) is 21.0 Å². The minimum Gasteiger partial charge on any atom is -0.245 e. The van der Waals surface area contributed by atoms with Crippen molar-refractivity contribution < 1.29 is 4.68 Å². The molecule has 0 aromatic carbocycles. The van der Waals surface area contributed by atoms with Gasteiger partial charge in [0.05, 0.1) is 0 Å². The Morgan fingerprint density at radius 2 is 1.60 bits per heavy atom. The Bertz CT molecular complexity index is 402. The minimum atomic E-state index is -2.72. The lowest BCUT2D eigenvalue weighted by Gasteiger charge is -1.98. The molecule has 0 spiro atoms. The summed E-state index contributed by atoms with van der Waals surface area (Å²) in [5.74, 6) is 5.38. The normalized spacial score (nSPS) is 8.07. The zero-order valence-corrected chi connectivity index (χ0v) is 7.92. The Labute approximate surface area is 86.3 Å². The predicted octanol–water partition coefficient (Wildman–Crippen LogP) is -1.08. The van der Waals surface area contributed by atoms with Crippen LogP contribution >= 0.6 is 0 Å². The fraction of sp³-hybridized carbons (Fsp3) is 0.143. The third-order valence-electron chi connectivity index (χ3n) is 1.35. The minimum absolute atomic E-state index is 1.34. The van der Waals surface area contributed by atoms with Crippen molar-refractivity contribution in [3.8, 4) is 23.9 Å². The molecule has 1 aromatic rings. The number of hydrogen-bond donors (Lipinski definition) is 1. The van der Waals surface area contributed by atoms with Gasteiger partial charge in [0.15, 0.2) is 6.20 Å². The molecule has 72 valence electrons. The molecule has 0 radical (unpaired) electrons. The Hall–Kier alpha value is -2.84. The summed E-state index contributed by atoms with van der Waals surface area (Å²) in [6.45, 7) is 0. The van der Waals surface area contributed by atoms with Crippen molar-refractivity contribution in [2.45, 2.75) is 0 Å². The van der Waals surface area contributed by atoms with Crippen LogP contribution in [0.4, 0.5) is 0 Å². The van der Waals surface area contributed by atoms with Crippen LogP contribution in [0.1, 0.15) is 0 Å². The lowest BCUT2D eigenvalue weighted by molar-refractivity contribution is -0.730. The SMILES string of the molecule is C[n+]1ccn[nH]1.N#C[B-](C#N)(C#N)C#N. The summed E-state index contributed by atoms with van der Waals surface area (Å²) in [5, 5.41) is 38.7. The van der Waals surface area contributed by atoms with Gasteiger partial charge in [-0.1, -0.05) is 5.21 Å². The molecule has 1 aromatic heterocycles. The molecule has 0 amide bonds. The lowest BCUT2D eigenvalue weighted by Crippen LogP contribution is -2.28. The summed E-state index contributed by atoms with van der Waals surface area (Å²) in [4.78, 5) is 0. The molecule has 7 nitrogen and oxygen atoms in total. The van der Waals surface area contributed by atoms with E-state index in [1.807, 2.05) is 13.2 Å². The maximum Gasteiger partial charge on any atom is 0.383 e. The number of hydrogen-bond acceptors (Lipinski definition) is 5. The second-order valence-electron chi connectivity index (χ2n) is 2.52. The number of nitriles is 4. The zero-order valence-electron chi connectivity index (χ0n) is 7.92. The van der Waals surface area contributed by atoms with Gasteiger partial charge < -0.3 is 0 Å². The van der Waals surface area contributed by atoms with Crippen LogP contribution in [0, 0.1) is 44.9 Å². The fourth-order valence-corrected chi connectivity index (χ4v) is 0.464. The third kappa shape index (κ3) is 3.59. The molecule has 0 unspecified atom stereocenters. The number of aromatic nitrogens is 3. The molecule has 0 aliphatic carbocycles. The zero-order chi connectivity index (χ0) is 11.7. The first-order chi connectivity index (χ1) is 7.14. The molecule has 0 bridgehead atoms. The molecule has 0 aliphatic heterocycles. The van der Waals surface area contributed by atoms with E-state index in [1.54, 1.807) is 10.9 Å². The highest BCUT2D eigenvalue weighted by Gasteiger charge is 2.22. The van der Waals surface area contributed by atoms with Crippen molar-refractivity contribution in [2.75, 3.05) is 0 Å². The van der Waals surface area contributed by atoms with E-state index in [0.717, 1.165) is 0 Å². The number of aryl methyl sites for hydroxylation is 1. The fourth-order valence-electron chi connectivity index (χ4n) is 0.464. The molecule has 15 heavy (non-hydrogen) atoms. The third-order valence-corrected chi connectivity index (χ3v) is 1.35. The highest BCUT2D eigenvalue weighted by atomic mass is 15.4. The van der Waals surface area contributed by atoms with E-state index in [1.165, 1.54) is 23.9 Å². The first-order valence-electron chi connectivity index (χ1n) is 3.79. The van der Waals surface area contributed by atoms with Crippen LogP contribution in [0.15, 0.2) is 12.4 Å². The van der Waals surface area contributed by atoms with Gasteiger partial charge in [-0.2, -0.15) is 4.68 Å². The lowest BCUT2D eigenvalue weighted by atomic mass is 9.30. The summed E-state index contributed by atoms with van der Waals surface area (Å²) in [5.41, 5.74) is 0. The molecule has 0 aliphatic rings. The monoisotopic (exact) mass is 199 g/mol. The van der Waals surface area contributed by atoms with Crippen LogP contribution in [0.5, 0.6) is 0 Å². The Balaban J connectivity index is 0.000000280. The van der Waals surface area contributed by atoms with Gasteiger partial charge in [-0.25, -0.2) is 21.0 Å². The van der Waals surface area contributed by atoms with Crippen molar-refractivity contribution in [3.63, 3.8) is 0 Å². The molecule has 0 fully saturated rings. The number of aromatic amines is 1. The van der Waals surface area contributed by atoms with Crippen LogP contribution < -0.4 is 4.68 Å². The van der Waals surface area contributed by atoms with E-state index in [0.29, 0.717) is 0 Å². The van der Waals surface area contributed by atoms with Gasteiger partial charge in [0.25, 0.3) is 0 Å². The van der Waals surface area contributed by atoms with Crippen LogP contribution in [0.3, 0.4) is 0 Å². The standard InChI is InChI=1S/C4BN4.C3H5N3/c6-1-5(2-7,3-8)4-9;1-6-3-2-4-5-6/h;2-3H,1H3/q-1;/p+1. The van der Waals surface area contributed by atoms with Gasteiger partial charge in [0, 0.05) is 5.10 Å². The van der Waals surface area contributed by atoms with E-state index in [2.05, 4.69) is 10.3 Å². The van der Waals surface area contributed by atoms with Crippen LogP contribution in [-0.2, 0) is 7.05 Å². The molecule has 0 saturated heterocycles. The number of rotatable bonds is 0. The second kappa shape index (κ2) is 5.75. The molecule has 0 atom stereocenters. The Morgan fingerprint density at radius 3 is 1.67 bits per heavy atom. The molecular formula is C7H6BN7. The van der Waals surface area contributed by atoms with E-state index in [-0.39, 0.29) is 0 Å². The summed E-state index contributed by atoms with van der Waals surface area (Å²) in [7, 11) is 1.88. The summed E-state index contributed by atoms with van der Waals surface area (Å²) in [6, 6.07) is 0. The highest BCUT2D eigenvalue weighted by Crippen LogP contribution is 1.92. The average molecular weight is 199 g/mol. The Kier molecular flexibility index (Phi) is 4.66. The molecule has 1 heterocycles. The van der Waals surface area contributed by atoms with E-state index >= 15 is 0 Å². The maximum atomic E-state index is 8.09. The van der Waals surface area contributed by atoms with Gasteiger partial charge >= 0.3 is 6.15 Å². The molecular weight excluding hydrogens is 193 g/mol. The highest BCUT2D eigenvalue weighted by molar-refractivity contribution is 7.05. The first-order valence-corrected chi connectivity index (χ1v) is 3.79. The smallest absolute Gasteiger partial charge is 0.245 e. The molecule has 1 N–H and O–H groups in total. The summed E-state index contributed by atoms with van der Waals surface area (Å²) in [6.07, 6.45) is 0.806. The van der Waals surface area contributed by atoms with Crippen LogP contribution in [-0.4, -0.2) is 16.5 Å². The van der Waals surface area contributed by atoms with Crippen molar-refractivity contribution >= 4 is 6.15 Å². The van der Waals surface area contributed by atoms with Crippen LogP contribution in [0.25, 0.3) is 0 Å². The van der Waals surface area contributed by atoms with E-state index < -0.39 is 6.15 Å². The van der Waals surface area contributed by atoms with Gasteiger partial charge in [-0.05, 0) is 0 Å². The van der Waals surface area contributed by atoms with Crippen molar-refractivity contribution in [2.24, 2.45) is 7.05 Å². The first kappa shape index (κ1) is 12.2. The molecule has 1 rings (SSSR count). The predicted molar refractivity (Wildman–Crippen MR) is 48.0 cm³/mol.